The lowest BCUT2D eigenvalue weighted by molar-refractivity contribution is 0.221. The zero-order valence-corrected chi connectivity index (χ0v) is 11.1. The molecule has 5 heteroatoms. The third-order valence-corrected chi connectivity index (χ3v) is 4.12. The number of ether oxygens (including phenoxy) is 1. The van der Waals surface area contributed by atoms with Gasteiger partial charge in [0.15, 0.2) is 9.84 Å². The maximum absolute atomic E-state index is 11.5. The Bertz CT molecular complexity index is 563. The third-order valence-electron chi connectivity index (χ3n) is 3.01. The minimum atomic E-state index is -3.20. The standard InChI is InChI=1S/C13H17NO3S/c1-18(15,16)12-6-2-4-10(8-12)13(14)11-5-3-7-17-9-11/h2,4,6,8-9,13H,3,5,7,14H2,1H3. The summed E-state index contributed by atoms with van der Waals surface area (Å²) < 4.78 is 28.3. The summed E-state index contributed by atoms with van der Waals surface area (Å²) in [7, 11) is -3.20. The van der Waals surface area contributed by atoms with Crippen LogP contribution in [0.5, 0.6) is 0 Å². The van der Waals surface area contributed by atoms with Gasteiger partial charge < -0.3 is 10.5 Å². The number of nitrogens with two attached hydrogens (primary N) is 1. The van der Waals surface area contributed by atoms with Crippen LogP contribution in [0.3, 0.4) is 0 Å². The first kappa shape index (κ1) is 13.1. The van der Waals surface area contributed by atoms with Gasteiger partial charge in [0.1, 0.15) is 0 Å². The molecule has 4 nitrogen and oxygen atoms in total. The summed E-state index contributed by atoms with van der Waals surface area (Å²) in [5.41, 5.74) is 7.95. The Balaban J connectivity index is 2.31. The molecule has 1 aromatic carbocycles. The van der Waals surface area contributed by atoms with Gasteiger partial charge in [0.2, 0.25) is 0 Å². The highest BCUT2D eigenvalue weighted by molar-refractivity contribution is 7.90. The lowest BCUT2D eigenvalue weighted by atomic mass is 9.96. The maximum atomic E-state index is 11.5. The van der Waals surface area contributed by atoms with E-state index >= 15 is 0 Å². The first-order chi connectivity index (χ1) is 8.48. The predicted molar refractivity (Wildman–Crippen MR) is 69.7 cm³/mol. The number of benzene rings is 1. The number of hydrogen-bond donors (Lipinski definition) is 1. The largest absolute Gasteiger partial charge is 0.501 e. The topological polar surface area (TPSA) is 69.4 Å². The van der Waals surface area contributed by atoms with Crippen molar-refractivity contribution in [3.8, 4) is 0 Å². The molecule has 0 fully saturated rings. The number of sulfone groups is 1. The van der Waals surface area contributed by atoms with Gasteiger partial charge in [-0.1, -0.05) is 12.1 Å². The van der Waals surface area contributed by atoms with Gasteiger partial charge in [-0.15, -0.1) is 0 Å². The molecule has 1 atom stereocenters. The average molecular weight is 267 g/mol. The molecule has 1 unspecified atom stereocenters. The van der Waals surface area contributed by atoms with Crippen molar-refractivity contribution in [2.24, 2.45) is 5.73 Å². The van der Waals surface area contributed by atoms with Crippen LogP contribution in [0.15, 0.2) is 41.0 Å². The van der Waals surface area contributed by atoms with E-state index in [0.29, 0.717) is 4.90 Å². The third kappa shape index (κ3) is 2.91. The van der Waals surface area contributed by atoms with E-state index in [4.69, 9.17) is 10.5 Å². The van der Waals surface area contributed by atoms with Gasteiger partial charge in [0, 0.05) is 6.26 Å². The quantitative estimate of drug-likeness (QED) is 0.906. The van der Waals surface area contributed by atoms with Crippen LogP contribution in [0, 0.1) is 0 Å². The van der Waals surface area contributed by atoms with Crippen molar-refractivity contribution in [3.63, 3.8) is 0 Å². The van der Waals surface area contributed by atoms with Crippen LogP contribution >= 0.6 is 0 Å². The molecule has 0 saturated heterocycles. The Labute approximate surface area is 107 Å². The zero-order valence-electron chi connectivity index (χ0n) is 10.3. The fourth-order valence-electron chi connectivity index (χ4n) is 1.97. The van der Waals surface area contributed by atoms with E-state index in [0.717, 1.165) is 30.6 Å². The molecule has 0 amide bonds. The Morgan fingerprint density at radius 1 is 1.39 bits per heavy atom. The monoisotopic (exact) mass is 267 g/mol. The van der Waals surface area contributed by atoms with Crippen LogP contribution in [0.4, 0.5) is 0 Å². The molecule has 2 N–H and O–H groups in total. The molecule has 1 heterocycles. The predicted octanol–water partition coefficient (Wildman–Crippen LogP) is 1.78. The van der Waals surface area contributed by atoms with Gasteiger partial charge in [0.05, 0.1) is 23.8 Å². The van der Waals surface area contributed by atoms with Gasteiger partial charge in [-0.05, 0) is 36.1 Å². The SMILES string of the molecule is CS(=O)(=O)c1cccc(C(N)C2=COCCC2)c1. The lowest BCUT2D eigenvalue weighted by Gasteiger charge is -2.20. The van der Waals surface area contributed by atoms with Crippen LogP contribution in [0.1, 0.15) is 24.4 Å². The van der Waals surface area contributed by atoms with Crippen molar-refractivity contribution < 1.29 is 13.2 Å². The van der Waals surface area contributed by atoms with Crippen LogP contribution in [0.25, 0.3) is 0 Å². The minimum absolute atomic E-state index is 0.299. The van der Waals surface area contributed by atoms with Crippen LogP contribution < -0.4 is 5.73 Å². The van der Waals surface area contributed by atoms with Crippen LogP contribution in [0.2, 0.25) is 0 Å². The molecule has 18 heavy (non-hydrogen) atoms. The van der Waals surface area contributed by atoms with Crippen molar-refractivity contribution in [1.82, 2.24) is 0 Å². The normalized spacial score (nSPS) is 17.8. The highest BCUT2D eigenvalue weighted by atomic mass is 32.2. The smallest absolute Gasteiger partial charge is 0.175 e. The molecule has 2 rings (SSSR count). The molecule has 1 aromatic rings. The molecule has 1 aliphatic rings. The Morgan fingerprint density at radius 2 is 2.17 bits per heavy atom. The highest BCUT2D eigenvalue weighted by Gasteiger charge is 2.16. The minimum Gasteiger partial charge on any atom is -0.501 e. The Kier molecular flexibility index (Phi) is 3.73. The first-order valence-electron chi connectivity index (χ1n) is 5.84. The summed E-state index contributed by atoms with van der Waals surface area (Å²) in [6.45, 7) is 0.722. The van der Waals surface area contributed by atoms with Crippen molar-refractivity contribution >= 4 is 9.84 Å². The van der Waals surface area contributed by atoms with E-state index in [1.165, 1.54) is 6.26 Å². The van der Waals surface area contributed by atoms with E-state index in [2.05, 4.69) is 0 Å². The lowest BCUT2D eigenvalue weighted by Crippen LogP contribution is -2.16. The fraction of sp³-hybridized carbons (Fsp3) is 0.385. The summed E-state index contributed by atoms with van der Waals surface area (Å²) in [6, 6.07) is 6.48. The summed E-state index contributed by atoms with van der Waals surface area (Å²) in [6.07, 6.45) is 4.73. The van der Waals surface area contributed by atoms with Crippen LogP contribution in [-0.2, 0) is 14.6 Å². The maximum Gasteiger partial charge on any atom is 0.175 e. The summed E-state index contributed by atoms with van der Waals surface area (Å²) >= 11 is 0. The number of rotatable bonds is 3. The van der Waals surface area contributed by atoms with E-state index in [1.807, 2.05) is 6.07 Å². The van der Waals surface area contributed by atoms with Crippen molar-refractivity contribution in [2.45, 2.75) is 23.8 Å². The van der Waals surface area contributed by atoms with Crippen molar-refractivity contribution in [1.29, 1.82) is 0 Å². The van der Waals surface area contributed by atoms with Gasteiger partial charge in [-0.25, -0.2) is 8.42 Å². The summed E-state index contributed by atoms with van der Waals surface area (Å²) in [4.78, 5) is 0.299. The van der Waals surface area contributed by atoms with E-state index in [9.17, 15) is 8.42 Å². The highest BCUT2D eigenvalue weighted by Crippen LogP contribution is 2.26. The summed E-state index contributed by atoms with van der Waals surface area (Å²) in [5.74, 6) is 0. The Hall–Kier alpha value is -1.33. The molecular weight excluding hydrogens is 250 g/mol. The second-order valence-electron chi connectivity index (χ2n) is 4.49. The van der Waals surface area contributed by atoms with E-state index < -0.39 is 9.84 Å². The van der Waals surface area contributed by atoms with Crippen molar-refractivity contribution in [3.05, 3.63) is 41.7 Å². The van der Waals surface area contributed by atoms with Crippen LogP contribution in [-0.4, -0.2) is 21.3 Å². The molecule has 0 aromatic heterocycles. The molecule has 98 valence electrons. The molecule has 0 radical (unpaired) electrons. The Morgan fingerprint density at radius 3 is 2.78 bits per heavy atom. The van der Waals surface area contributed by atoms with Gasteiger partial charge in [0.25, 0.3) is 0 Å². The van der Waals surface area contributed by atoms with Gasteiger partial charge in [-0.3, -0.25) is 0 Å². The molecule has 0 bridgehead atoms. The molecular formula is C13H17NO3S. The van der Waals surface area contributed by atoms with Gasteiger partial charge in [-0.2, -0.15) is 0 Å². The second kappa shape index (κ2) is 5.12. The number of hydrogen-bond acceptors (Lipinski definition) is 4. The van der Waals surface area contributed by atoms with Crippen molar-refractivity contribution in [2.75, 3.05) is 12.9 Å². The van der Waals surface area contributed by atoms with E-state index in [-0.39, 0.29) is 6.04 Å². The zero-order chi connectivity index (χ0) is 13.2. The second-order valence-corrected chi connectivity index (χ2v) is 6.51. The summed E-state index contributed by atoms with van der Waals surface area (Å²) in [5, 5.41) is 0. The first-order valence-corrected chi connectivity index (χ1v) is 7.74. The molecule has 1 aliphatic heterocycles. The molecule has 0 saturated carbocycles. The fourth-order valence-corrected chi connectivity index (χ4v) is 2.64. The molecule has 0 spiro atoms. The van der Waals surface area contributed by atoms with Gasteiger partial charge >= 0.3 is 0 Å². The molecule has 0 aliphatic carbocycles. The average Bonchev–Trinajstić information content (AvgIpc) is 2.38. The van der Waals surface area contributed by atoms with E-state index in [1.54, 1.807) is 24.5 Å².